The van der Waals surface area contributed by atoms with E-state index in [0.29, 0.717) is 13.2 Å². The summed E-state index contributed by atoms with van der Waals surface area (Å²) in [5.74, 6) is 0.960. The molecule has 1 aliphatic heterocycles. The zero-order valence-electron chi connectivity index (χ0n) is 17.5. The molecule has 0 bridgehead atoms. The van der Waals surface area contributed by atoms with Crippen molar-refractivity contribution < 1.29 is 9.53 Å². The van der Waals surface area contributed by atoms with Gasteiger partial charge in [-0.25, -0.2) is 0 Å². The van der Waals surface area contributed by atoms with Gasteiger partial charge in [0.25, 0.3) is 0 Å². The van der Waals surface area contributed by atoms with Crippen LogP contribution in [0.5, 0.6) is 0 Å². The average Bonchev–Trinajstić information content (AvgIpc) is 3.22. The van der Waals surface area contributed by atoms with Gasteiger partial charge in [-0.15, -0.1) is 10.2 Å². The Hall–Kier alpha value is -2.91. The molecule has 162 valence electrons. The first-order chi connectivity index (χ1) is 15.3. The lowest BCUT2D eigenvalue weighted by Gasteiger charge is -2.30. The number of ether oxygens (including phenoxy) is 1. The highest BCUT2D eigenvalue weighted by molar-refractivity contribution is 7.99. The number of rotatable bonds is 8. The molecule has 1 amide bonds. The van der Waals surface area contributed by atoms with Crippen molar-refractivity contribution in [2.45, 2.75) is 25.0 Å². The van der Waals surface area contributed by atoms with Gasteiger partial charge in [-0.2, -0.15) is 0 Å². The second kappa shape index (κ2) is 10.4. The number of morpholine rings is 1. The Labute approximate surface area is 186 Å². The highest BCUT2D eigenvalue weighted by Crippen LogP contribution is 2.28. The fourth-order valence-corrected chi connectivity index (χ4v) is 4.27. The fourth-order valence-electron chi connectivity index (χ4n) is 3.50. The average molecular weight is 439 g/mol. The predicted octanol–water partition coefficient (Wildman–Crippen LogP) is 3.32. The SMILES string of the molecule is CCCn1c(SCC(=O)Nc2ccccc2N2CCOCC2)nnc1-c1cccnc1. The van der Waals surface area contributed by atoms with Gasteiger partial charge in [-0.3, -0.25) is 9.78 Å². The van der Waals surface area contributed by atoms with Crippen LogP contribution in [0.15, 0.2) is 53.9 Å². The van der Waals surface area contributed by atoms with Crippen molar-refractivity contribution in [2.75, 3.05) is 42.3 Å². The normalized spacial score (nSPS) is 13.9. The van der Waals surface area contributed by atoms with Crippen molar-refractivity contribution >= 4 is 29.0 Å². The summed E-state index contributed by atoms with van der Waals surface area (Å²) in [6.07, 6.45) is 4.46. The minimum absolute atomic E-state index is 0.0697. The highest BCUT2D eigenvalue weighted by atomic mass is 32.2. The van der Waals surface area contributed by atoms with Crippen LogP contribution in [0.1, 0.15) is 13.3 Å². The first-order valence-electron chi connectivity index (χ1n) is 10.4. The Bertz CT molecular complexity index is 1000. The van der Waals surface area contributed by atoms with E-state index in [1.165, 1.54) is 11.8 Å². The third-order valence-corrected chi connectivity index (χ3v) is 5.91. The minimum atomic E-state index is -0.0697. The van der Waals surface area contributed by atoms with E-state index in [4.69, 9.17) is 4.74 Å². The fraction of sp³-hybridized carbons (Fsp3) is 0.364. The van der Waals surface area contributed by atoms with Crippen molar-refractivity contribution in [2.24, 2.45) is 0 Å². The summed E-state index contributed by atoms with van der Waals surface area (Å²) in [6, 6.07) is 11.7. The van der Waals surface area contributed by atoms with E-state index in [9.17, 15) is 4.79 Å². The molecule has 0 unspecified atom stereocenters. The third-order valence-electron chi connectivity index (χ3n) is 4.95. The van der Waals surface area contributed by atoms with Crippen molar-refractivity contribution in [3.63, 3.8) is 0 Å². The number of thioether (sulfide) groups is 1. The molecule has 31 heavy (non-hydrogen) atoms. The lowest BCUT2D eigenvalue weighted by molar-refractivity contribution is -0.113. The molecule has 8 nitrogen and oxygen atoms in total. The van der Waals surface area contributed by atoms with Crippen molar-refractivity contribution in [1.82, 2.24) is 19.7 Å². The second-order valence-corrected chi connectivity index (χ2v) is 8.10. The van der Waals surface area contributed by atoms with E-state index in [0.717, 1.165) is 54.0 Å². The quantitative estimate of drug-likeness (QED) is 0.540. The third kappa shape index (κ3) is 5.23. The van der Waals surface area contributed by atoms with Crippen LogP contribution in [0.25, 0.3) is 11.4 Å². The molecule has 4 rings (SSSR count). The van der Waals surface area contributed by atoms with Crippen LogP contribution in [-0.2, 0) is 16.1 Å². The summed E-state index contributed by atoms with van der Waals surface area (Å²) in [7, 11) is 0. The molecule has 1 saturated heterocycles. The maximum absolute atomic E-state index is 12.7. The van der Waals surface area contributed by atoms with Crippen molar-refractivity contribution in [1.29, 1.82) is 0 Å². The molecule has 3 aromatic rings. The van der Waals surface area contributed by atoms with Crippen LogP contribution in [0.3, 0.4) is 0 Å². The molecule has 0 radical (unpaired) electrons. The summed E-state index contributed by atoms with van der Waals surface area (Å²) in [6.45, 7) is 5.92. The Balaban J connectivity index is 1.43. The lowest BCUT2D eigenvalue weighted by Crippen LogP contribution is -2.36. The van der Waals surface area contributed by atoms with E-state index in [1.807, 2.05) is 36.4 Å². The lowest BCUT2D eigenvalue weighted by atomic mass is 10.2. The molecule has 1 aromatic carbocycles. The molecule has 1 aliphatic rings. The number of hydrogen-bond donors (Lipinski definition) is 1. The second-order valence-electron chi connectivity index (χ2n) is 7.15. The number of carbonyl (C=O) groups excluding carboxylic acids is 1. The Morgan fingerprint density at radius 3 is 2.77 bits per heavy atom. The van der Waals surface area contributed by atoms with Gasteiger partial charge in [0.2, 0.25) is 5.91 Å². The number of carbonyl (C=O) groups is 1. The van der Waals surface area contributed by atoms with Gasteiger partial charge in [0, 0.05) is 37.6 Å². The van der Waals surface area contributed by atoms with Crippen LogP contribution in [0.2, 0.25) is 0 Å². The summed E-state index contributed by atoms with van der Waals surface area (Å²) in [5.41, 5.74) is 2.76. The number of anilines is 2. The van der Waals surface area contributed by atoms with Crippen LogP contribution in [0, 0.1) is 0 Å². The Morgan fingerprint density at radius 1 is 1.16 bits per heavy atom. The van der Waals surface area contributed by atoms with E-state index in [2.05, 4.69) is 36.9 Å². The van der Waals surface area contributed by atoms with Gasteiger partial charge >= 0.3 is 0 Å². The zero-order valence-corrected chi connectivity index (χ0v) is 18.3. The minimum Gasteiger partial charge on any atom is -0.378 e. The van der Waals surface area contributed by atoms with Gasteiger partial charge < -0.3 is 19.5 Å². The first kappa shape index (κ1) is 21.3. The summed E-state index contributed by atoms with van der Waals surface area (Å²) >= 11 is 1.39. The Kier molecular flexibility index (Phi) is 7.16. The van der Waals surface area contributed by atoms with Gasteiger partial charge in [0.1, 0.15) is 0 Å². The molecular formula is C22H26N6O2S. The molecule has 2 aromatic heterocycles. The van der Waals surface area contributed by atoms with E-state index >= 15 is 0 Å². The molecule has 0 atom stereocenters. The smallest absolute Gasteiger partial charge is 0.234 e. The van der Waals surface area contributed by atoms with E-state index in [1.54, 1.807) is 12.4 Å². The van der Waals surface area contributed by atoms with Crippen LogP contribution >= 0.6 is 11.8 Å². The van der Waals surface area contributed by atoms with Crippen molar-refractivity contribution in [3.05, 3.63) is 48.8 Å². The van der Waals surface area contributed by atoms with E-state index in [-0.39, 0.29) is 11.7 Å². The molecule has 0 saturated carbocycles. The number of amides is 1. The standard InChI is InChI=1S/C22H26N6O2S/c1-2-10-28-21(17-6-5-9-23-15-17)25-26-22(28)31-16-20(29)24-18-7-3-4-8-19(18)27-11-13-30-14-12-27/h3-9,15H,2,10-14,16H2,1H3,(H,24,29). The zero-order chi connectivity index (χ0) is 21.5. The molecule has 9 heteroatoms. The molecular weight excluding hydrogens is 412 g/mol. The van der Waals surface area contributed by atoms with Gasteiger partial charge in [0.05, 0.1) is 30.3 Å². The Morgan fingerprint density at radius 2 is 2.00 bits per heavy atom. The molecule has 3 heterocycles. The highest BCUT2D eigenvalue weighted by Gasteiger charge is 2.18. The van der Waals surface area contributed by atoms with Gasteiger partial charge in [0.15, 0.2) is 11.0 Å². The van der Waals surface area contributed by atoms with Crippen LogP contribution in [0.4, 0.5) is 11.4 Å². The van der Waals surface area contributed by atoms with Gasteiger partial charge in [-0.1, -0.05) is 30.8 Å². The van der Waals surface area contributed by atoms with Crippen LogP contribution in [-0.4, -0.2) is 57.7 Å². The number of aromatic nitrogens is 4. The number of hydrogen-bond acceptors (Lipinski definition) is 7. The number of nitrogens with one attached hydrogen (secondary N) is 1. The molecule has 0 spiro atoms. The summed E-state index contributed by atoms with van der Waals surface area (Å²) in [4.78, 5) is 19.1. The monoisotopic (exact) mass is 438 g/mol. The predicted molar refractivity (Wildman–Crippen MR) is 122 cm³/mol. The molecule has 0 aliphatic carbocycles. The number of pyridine rings is 1. The van der Waals surface area contributed by atoms with E-state index < -0.39 is 0 Å². The van der Waals surface area contributed by atoms with Crippen molar-refractivity contribution in [3.8, 4) is 11.4 Å². The number of nitrogens with zero attached hydrogens (tertiary/aromatic N) is 5. The maximum atomic E-state index is 12.7. The number of para-hydroxylation sites is 2. The van der Waals surface area contributed by atoms with Crippen LogP contribution < -0.4 is 10.2 Å². The molecule has 1 fully saturated rings. The maximum Gasteiger partial charge on any atom is 0.234 e. The summed E-state index contributed by atoms with van der Waals surface area (Å²) < 4.78 is 7.50. The largest absolute Gasteiger partial charge is 0.378 e. The van der Waals surface area contributed by atoms with Gasteiger partial charge in [-0.05, 0) is 30.7 Å². The topological polar surface area (TPSA) is 85.2 Å². The number of benzene rings is 1. The summed E-state index contributed by atoms with van der Waals surface area (Å²) in [5, 5.41) is 12.5. The molecule has 1 N–H and O–H groups in total. The first-order valence-corrected chi connectivity index (χ1v) is 11.4.